The van der Waals surface area contributed by atoms with Gasteiger partial charge in [-0.2, -0.15) is 4.37 Å². The molecule has 0 radical (unpaired) electrons. The molecule has 1 unspecified atom stereocenters. The van der Waals surface area contributed by atoms with Crippen LogP contribution in [-0.2, 0) is 6.54 Å². The summed E-state index contributed by atoms with van der Waals surface area (Å²) < 4.78 is 19.7. The van der Waals surface area contributed by atoms with E-state index in [1.165, 1.54) is 23.7 Å². The molecule has 2 aromatic heterocycles. The fraction of sp³-hybridized carbons (Fsp3) is 0.333. The van der Waals surface area contributed by atoms with E-state index in [1.54, 1.807) is 19.2 Å². The summed E-state index contributed by atoms with van der Waals surface area (Å²) in [5, 5.41) is 0.787. The molecule has 0 bridgehead atoms. The number of aryl methyl sites for hydroxylation is 2. The molecule has 0 saturated heterocycles. The van der Waals surface area contributed by atoms with Crippen LogP contribution in [0.1, 0.15) is 40.4 Å². The average molecular weight is 371 g/mol. The number of halogens is 1. The first-order chi connectivity index (χ1) is 12.5. The van der Waals surface area contributed by atoms with Crippen LogP contribution in [0.3, 0.4) is 0 Å². The van der Waals surface area contributed by atoms with Crippen LogP contribution in [-0.4, -0.2) is 36.3 Å². The van der Waals surface area contributed by atoms with Crippen LogP contribution in [0, 0.1) is 19.7 Å². The number of nitrogens with zero attached hydrogens (tertiary/aromatic N) is 5. The number of imidazole rings is 1. The lowest BCUT2D eigenvalue weighted by Gasteiger charge is -2.35. The van der Waals surface area contributed by atoms with Crippen molar-refractivity contribution in [1.29, 1.82) is 0 Å². The minimum atomic E-state index is -0.333. The maximum absolute atomic E-state index is 13.3. The lowest BCUT2D eigenvalue weighted by Crippen LogP contribution is -2.41. The molecule has 0 saturated carbocycles. The second kappa shape index (κ2) is 6.28. The summed E-state index contributed by atoms with van der Waals surface area (Å²) in [6.07, 6.45) is 1.80. The number of aromatic nitrogens is 4. The number of amides is 1. The quantitative estimate of drug-likeness (QED) is 0.693. The monoisotopic (exact) mass is 371 g/mol. The number of hydrogen-bond donors (Lipinski definition) is 0. The van der Waals surface area contributed by atoms with Crippen molar-refractivity contribution >= 4 is 17.4 Å². The Balaban J connectivity index is 1.65. The number of rotatable bonds is 2. The minimum absolute atomic E-state index is 0.0873. The second-order valence-corrected chi connectivity index (χ2v) is 7.19. The molecule has 3 aromatic rings. The third-order valence-electron chi connectivity index (χ3n) is 4.75. The highest BCUT2D eigenvalue weighted by molar-refractivity contribution is 7.09. The van der Waals surface area contributed by atoms with Gasteiger partial charge < -0.3 is 9.47 Å². The molecular weight excluding hydrogens is 353 g/mol. The third-order valence-corrected chi connectivity index (χ3v) is 5.55. The molecule has 1 aliphatic rings. The normalized spacial score (nSPS) is 16.6. The summed E-state index contributed by atoms with van der Waals surface area (Å²) in [4.78, 5) is 23.7. The van der Waals surface area contributed by atoms with Crippen molar-refractivity contribution in [2.75, 3.05) is 6.54 Å². The van der Waals surface area contributed by atoms with Crippen molar-refractivity contribution in [3.63, 3.8) is 0 Å². The molecule has 8 heteroatoms. The van der Waals surface area contributed by atoms with Gasteiger partial charge in [-0.05, 0) is 56.1 Å². The number of carbonyl (C=O) groups is 1. The minimum Gasteiger partial charge on any atom is -0.329 e. The molecule has 134 valence electrons. The van der Waals surface area contributed by atoms with Crippen LogP contribution >= 0.6 is 11.5 Å². The van der Waals surface area contributed by atoms with Gasteiger partial charge in [-0.3, -0.25) is 4.79 Å². The van der Waals surface area contributed by atoms with Gasteiger partial charge in [-0.1, -0.05) is 0 Å². The largest absolute Gasteiger partial charge is 0.329 e. The zero-order valence-corrected chi connectivity index (χ0v) is 15.5. The maximum atomic E-state index is 13.3. The molecule has 6 nitrogen and oxygen atoms in total. The molecule has 1 amide bonds. The molecular formula is C18H18FN5OS. The molecule has 26 heavy (non-hydrogen) atoms. The van der Waals surface area contributed by atoms with Crippen molar-refractivity contribution < 1.29 is 9.18 Å². The van der Waals surface area contributed by atoms with Crippen molar-refractivity contribution in [2.24, 2.45) is 0 Å². The molecule has 0 spiro atoms. The van der Waals surface area contributed by atoms with E-state index in [0.717, 1.165) is 22.4 Å². The zero-order valence-electron chi connectivity index (χ0n) is 14.7. The Kier molecular flexibility index (Phi) is 4.07. The maximum Gasteiger partial charge on any atom is 0.254 e. The van der Waals surface area contributed by atoms with E-state index in [0.29, 0.717) is 24.2 Å². The number of fused-ring (bicyclic) bond motifs is 1. The van der Waals surface area contributed by atoms with Gasteiger partial charge in [0.2, 0.25) is 0 Å². The van der Waals surface area contributed by atoms with Crippen molar-refractivity contribution in [3.8, 4) is 10.8 Å². The fourth-order valence-electron chi connectivity index (χ4n) is 3.38. The second-order valence-electron chi connectivity index (χ2n) is 6.44. The summed E-state index contributed by atoms with van der Waals surface area (Å²) in [5.74, 6) is 1.11. The van der Waals surface area contributed by atoms with E-state index in [1.807, 2.05) is 18.7 Å². The van der Waals surface area contributed by atoms with Gasteiger partial charge in [0.25, 0.3) is 5.91 Å². The third kappa shape index (κ3) is 2.70. The Morgan fingerprint density at radius 1 is 1.31 bits per heavy atom. The SMILES string of the molecule is Cc1nsc(-c2ncc3n2CCN(C(=O)c2ccc(F)cc2C)C3C)n1. The van der Waals surface area contributed by atoms with Gasteiger partial charge in [0.15, 0.2) is 10.8 Å². The van der Waals surface area contributed by atoms with Crippen LogP contribution in [0.25, 0.3) is 10.8 Å². The number of benzene rings is 1. The highest BCUT2D eigenvalue weighted by Crippen LogP contribution is 2.32. The van der Waals surface area contributed by atoms with Crippen LogP contribution in [0.2, 0.25) is 0 Å². The molecule has 1 atom stereocenters. The lowest BCUT2D eigenvalue weighted by atomic mass is 10.0. The van der Waals surface area contributed by atoms with Gasteiger partial charge in [-0.25, -0.2) is 14.4 Å². The van der Waals surface area contributed by atoms with Crippen molar-refractivity contribution in [2.45, 2.75) is 33.4 Å². The molecule has 1 aromatic carbocycles. The summed E-state index contributed by atoms with van der Waals surface area (Å²) in [6.45, 7) is 6.79. The van der Waals surface area contributed by atoms with E-state index in [4.69, 9.17) is 0 Å². The van der Waals surface area contributed by atoms with Crippen LogP contribution in [0.5, 0.6) is 0 Å². The van der Waals surface area contributed by atoms with E-state index in [9.17, 15) is 9.18 Å². The van der Waals surface area contributed by atoms with E-state index >= 15 is 0 Å². The number of hydrogen-bond acceptors (Lipinski definition) is 5. The topological polar surface area (TPSA) is 63.9 Å². The average Bonchev–Trinajstić information content (AvgIpc) is 3.21. The Bertz CT molecular complexity index is 995. The van der Waals surface area contributed by atoms with E-state index in [-0.39, 0.29) is 17.8 Å². The van der Waals surface area contributed by atoms with Crippen LogP contribution in [0.4, 0.5) is 4.39 Å². The molecule has 0 fully saturated rings. The van der Waals surface area contributed by atoms with Gasteiger partial charge in [0.05, 0.1) is 17.9 Å². The molecule has 4 rings (SSSR count). The van der Waals surface area contributed by atoms with Gasteiger partial charge in [0.1, 0.15) is 11.6 Å². The Hall–Kier alpha value is -2.61. The van der Waals surface area contributed by atoms with Crippen molar-refractivity contribution in [1.82, 2.24) is 23.8 Å². The Morgan fingerprint density at radius 2 is 2.12 bits per heavy atom. The first kappa shape index (κ1) is 16.8. The zero-order chi connectivity index (χ0) is 18.4. The van der Waals surface area contributed by atoms with Crippen molar-refractivity contribution in [3.05, 3.63) is 52.9 Å². The fourth-order valence-corrected chi connectivity index (χ4v) is 4.05. The van der Waals surface area contributed by atoms with E-state index < -0.39 is 0 Å². The summed E-state index contributed by atoms with van der Waals surface area (Å²) >= 11 is 1.33. The molecule has 0 aliphatic carbocycles. The Labute approximate surface area is 154 Å². The summed E-state index contributed by atoms with van der Waals surface area (Å²) in [6, 6.07) is 4.15. The summed E-state index contributed by atoms with van der Waals surface area (Å²) in [7, 11) is 0. The van der Waals surface area contributed by atoms with Gasteiger partial charge in [0, 0.05) is 18.7 Å². The van der Waals surface area contributed by atoms with Gasteiger partial charge >= 0.3 is 0 Å². The molecule has 3 heterocycles. The molecule has 0 N–H and O–H groups in total. The standard InChI is InChI=1S/C18H18FN5OS/c1-10-8-13(19)4-5-14(10)18(25)23-6-7-24-15(11(23)2)9-20-16(24)17-21-12(3)22-26-17/h4-5,8-9,11H,6-7H2,1-3H3. The molecule has 1 aliphatic heterocycles. The lowest BCUT2D eigenvalue weighted by molar-refractivity contribution is 0.0644. The smallest absolute Gasteiger partial charge is 0.254 e. The Morgan fingerprint density at radius 3 is 2.81 bits per heavy atom. The predicted molar refractivity (Wildman–Crippen MR) is 96.5 cm³/mol. The van der Waals surface area contributed by atoms with Gasteiger partial charge in [-0.15, -0.1) is 0 Å². The summed E-state index contributed by atoms with van der Waals surface area (Å²) in [5.41, 5.74) is 2.14. The van der Waals surface area contributed by atoms with Crippen LogP contribution < -0.4 is 0 Å². The first-order valence-electron chi connectivity index (χ1n) is 8.39. The highest BCUT2D eigenvalue weighted by Gasteiger charge is 2.31. The number of carbonyl (C=O) groups excluding carboxylic acids is 1. The highest BCUT2D eigenvalue weighted by atomic mass is 32.1. The van der Waals surface area contributed by atoms with E-state index in [2.05, 4.69) is 18.9 Å². The first-order valence-corrected chi connectivity index (χ1v) is 9.16. The predicted octanol–water partition coefficient (Wildman–Crippen LogP) is 3.37. The van der Waals surface area contributed by atoms with Crippen LogP contribution in [0.15, 0.2) is 24.4 Å².